The van der Waals surface area contributed by atoms with Gasteiger partial charge in [-0.1, -0.05) is 0 Å². The minimum absolute atomic E-state index is 0.108. The summed E-state index contributed by atoms with van der Waals surface area (Å²) in [5.41, 5.74) is 4.70. The molecule has 2 rings (SSSR count). The van der Waals surface area contributed by atoms with Crippen LogP contribution in [0.25, 0.3) is 0 Å². The molecule has 0 aromatic carbocycles. The Balaban J connectivity index is 2.58. The van der Waals surface area contributed by atoms with E-state index in [1.54, 1.807) is 6.92 Å². The van der Waals surface area contributed by atoms with Gasteiger partial charge in [0.2, 0.25) is 0 Å². The normalized spacial score (nSPS) is 11.6. The van der Waals surface area contributed by atoms with E-state index in [1.165, 1.54) is 14.1 Å². The summed E-state index contributed by atoms with van der Waals surface area (Å²) in [6.07, 6.45) is 0.947. The molecule has 21 heavy (non-hydrogen) atoms. The molecule has 0 bridgehead atoms. The third kappa shape index (κ3) is 2.42. The van der Waals surface area contributed by atoms with Crippen LogP contribution in [0, 0.1) is 6.92 Å². The molecule has 0 saturated heterocycles. The van der Waals surface area contributed by atoms with Crippen molar-refractivity contribution < 1.29 is 8.42 Å². The molecular formula is C10H14N6O4S. The van der Waals surface area contributed by atoms with Crippen LogP contribution in [0.5, 0.6) is 0 Å². The second kappa shape index (κ2) is 4.77. The van der Waals surface area contributed by atoms with E-state index in [4.69, 9.17) is 5.73 Å². The number of sulfonamides is 1. The lowest BCUT2D eigenvalue weighted by Crippen LogP contribution is -2.40. The highest BCUT2D eigenvalue weighted by Gasteiger charge is 2.23. The highest BCUT2D eigenvalue weighted by molar-refractivity contribution is 7.92. The van der Waals surface area contributed by atoms with E-state index in [0.717, 1.165) is 10.8 Å². The number of nitrogens with two attached hydrogens (primary N) is 1. The quantitative estimate of drug-likeness (QED) is 0.628. The van der Waals surface area contributed by atoms with Gasteiger partial charge in [-0.25, -0.2) is 13.2 Å². The summed E-state index contributed by atoms with van der Waals surface area (Å²) < 4.78 is 28.3. The molecule has 10 nitrogen and oxygen atoms in total. The van der Waals surface area contributed by atoms with Crippen molar-refractivity contribution in [3.63, 3.8) is 0 Å². The van der Waals surface area contributed by atoms with Crippen LogP contribution in [0.3, 0.4) is 0 Å². The van der Waals surface area contributed by atoms with Crippen molar-refractivity contribution >= 4 is 21.5 Å². The highest BCUT2D eigenvalue weighted by atomic mass is 32.2. The first-order valence-corrected chi connectivity index (χ1v) is 7.23. The number of hydrogen-bond acceptors (Lipinski definition) is 6. The Kier molecular flexibility index (Phi) is 3.37. The Labute approximate surface area is 119 Å². The van der Waals surface area contributed by atoms with Crippen molar-refractivity contribution in [2.45, 2.75) is 11.8 Å². The van der Waals surface area contributed by atoms with Gasteiger partial charge in [-0.05, 0) is 6.92 Å². The fraction of sp³-hybridized carbons (Fsp3) is 0.300. The molecule has 0 fully saturated rings. The lowest BCUT2D eigenvalue weighted by Gasteiger charge is -2.08. The second-order valence-corrected chi connectivity index (χ2v) is 6.12. The van der Waals surface area contributed by atoms with Crippen molar-refractivity contribution in [2.24, 2.45) is 14.1 Å². The van der Waals surface area contributed by atoms with Crippen molar-refractivity contribution in [3.8, 4) is 0 Å². The van der Waals surface area contributed by atoms with E-state index in [0.29, 0.717) is 10.3 Å². The number of rotatable bonds is 3. The lowest BCUT2D eigenvalue weighted by atomic mass is 10.4. The van der Waals surface area contributed by atoms with Gasteiger partial charge in [0.15, 0.2) is 10.7 Å². The molecule has 0 spiro atoms. The number of nitrogens with one attached hydrogen (secondary N) is 2. The van der Waals surface area contributed by atoms with Crippen LogP contribution in [-0.2, 0) is 24.1 Å². The smallest absolute Gasteiger partial charge is 0.330 e. The molecule has 2 heterocycles. The number of nitrogens with zero attached hydrogens (tertiary/aromatic N) is 3. The predicted octanol–water partition coefficient (Wildman–Crippen LogP) is -1.50. The van der Waals surface area contributed by atoms with E-state index < -0.39 is 26.2 Å². The Morgan fingerprint density at radius 2 is 1.95 bits per heavy atom. The van der Waals surface area contributed by atoms with Gasteiger partial charge >= 0.3 is 5.69 Å². The third-order valence-electron chi connectivity index (χ3n) is 2.93. The molecule has 4 N–H and O–H groups in total. The van der Waals surface area contributed by atoms with Gasteiger partial charge in [0, 0.05) is 20.3 Å². The van der Waals surface area contributed by atoms with Gasteiger partial charge < -0.3 is 10.3 Å². The third-order valence-corrected chi connectivity index (χ3v) is 4.25. The Morgan fingerprint density at radius 3 is 2.48 bits per heavy atom. The number of aromatic nitrogens is 4. The number of aryl methyl sites for hydroxylation is 2. The number of hydrogen-bond donors (Lipinski definition) is 3. The van der Waals surface area contributed by atoms with Crippen molar-refractivity contribution in [1.82, 2.24) is 19.3 Å². The maximum Gasteiger partial charge on any atom is 0.330 e. The fourth-order valence-electron chi connectivity index (χ4n) is 1.66. The molecular weight excluding hydrogens is 300 g/mol. The van der Waals surface area contributed by atoms with Gasteiger partial charge in [-0.3, -0.25) is 19.2 Å². The summed E-state index contributed by atoms with van der Waals surface area (Å²) in [7, 11) is -1.69. The van der Waals surface area contributed by atoms with E-state index in [9.17, 15) is 18.0 Å². The SMILES string of the molecule is Cc1[nH]nc(NS(=O)(=O)c2cn(C)c(=O)n(C)c2=O)c1N. The zero-order chi connectivity index (χ0) is 15.9. The standard InChI is InChI=1S/C10H14N6O4S/c1-5-7(11)8(13-12-5)14-21(19,20)6-4-15(2)10(18)16(3)9(6)17/h4H,11H2,1-3H3,(H2,12,13,14). The van der Waals surface area contributed by atoms with Crippen LogP contribution >= 0.6 is 0 Å². The van der Waals surface area contributed by atoms with Crippen molar-refractivity contribution in [1.29, 1.82) is 0 Å². The summed E-state index contributed by atoms with van der Waals surface area (Å²) in [4.78, 5) is 22.9. The molecule has 2 aromatic rings. The van der Waals surface area contributed by atoms with Gasteiger partial charge in [0.25, 0.3) is 15.6 Å². The lowest BCUT2D eigenvalue weighted by molar-refractivity contribution is 0.589. The number of aromatic amines is 1. The maximum atomic E-state index is 12.3. The molecule has 11 heteroatoms. The monoisotopic (exact) mass is 314 g/mol. The maximum absolute atomic E-state index is 12.3. The number of nitrogen functional groups attached to an aromatic ring is 1. The minimum Gasteiger partial charge on any atom is -0.394 e. The van der Waals surface area contributed by atoms with Gasteiger partial charge in [0.05, 0.1) is 11.4 Å². The van der Waals surface area contributed by atoms with Crippen LogP contribution in [0.4, 0.5) is 11.5 Å². The molecule has 0 aliphatic rings. The number of H-pyrrole nitrogens is 1. The van der Waals surface area contributed by atoms with Crippen LogP contribution in [-0.4, -0.2) is 27.7 Å². The van der Waals surface area contributed by atoms with Crippen LogP contribution in [0.2, 0.25) is 0 Å². The summed E-state index contributed by atoms with van der Waals surface area (Å²) in [6, 6.07) is 0. The molecule has 0 unspecified atom stereocenters. The van der Waals surface area contributed by atoms with E-state index in [-0.39, 0.29) is 11.5 Å². The topological polar surface area (TPSA) is 145 Å². The molecule has 0 aliphatic carbocycles. The largest absolute Gasteiger partial charge is 0.394 e. The van der Waals surface area contributed by atoms with Crippen molar-refractivity contribution in [2.75, 3.05) is 10.5 Å². The average Bonchev–Trinajstić information content (AvgIpc) is 2.72. The molecule has 0 atom stereocenters. The second-order valence-electron chi connectivity index (χ2n) is 4.47. The first-order valence-electron chi connectivity index (χ1n) is 5.75. The molecule has 2 aromatic heterocycles. The number of anilines is 2. The Hall–Kier alpha value is -2.56. The molecule has 0 aliphatic heterocycles. The van der Waals surface area contributed by atoms with Gasteiger partial charge in [-0.2, -0.15) is 5.10 Å². The first kappa shape index (κ1) is 14.8. The van der Waals surface area contributed by atoms with E-state index in [2.05, 4.69) is 14.9 Å². The molecule has 0 radical (unpaired) electrons. The summed E-state index contributed by atoms with van der Waals surface area (Å²) in [5.74, 6) is -0.108. The zero-order valence-corrected chi connectivity index (χ0v) is 12.4. The molecule has 114 valence electrons. The van der Waals surface area contributed by atoms with Crippen LogP contribution < -0.4 is 21.7 Å². The Bertz CT molecular complexity index is 920. The van der Waals surface area contributed by atoms with E-state index in [1.807, 2.05) is 0 Å². The summed E-state index contributed by atoms with van der Waals surface area (Å²) >= 11 is 0. The Morgan fingerprint density at radius 1 is 1.33 bits per heavy atom. The summed E-state index contributed by atoms with van der Waals surface area (Å²) in [6.45, 7) is 1.62. The highest BCUT2D eigenvalue weighted by Crippen LogP contribution is 2.20. The van der Waals surface area contributed by atoms with Gasteiger partial charge in [0.1, 0.15) is 0 Å². The van der Waals surface area contributed by atoms with E-state index >= 15 is 0 Å². The van der Waals surface area contributed by atoms with Gasteiger partial charge in [-0.15, -0.1) is 0 Å². The molecule has 0 amide bonds. The first-order chi connectivity index (χ1) is 9.65. The van der Waals surface area contributed by atoms with Crippen molar-refractivity contribution in [3.05, 3.63) is 32.7 Å². The molecule has 0 saturated carbocycles. The van der Waals surface area contributed by atoms with Crippen LogP contribution in [0.15, 0.2) is 20.7 Å². The fourth-order valence-corrected chi connectivity index (χ4v) is 2.84. The average molecular weight is 314 g/mol. The minimum atomic E-state index is -4.22. The summed E-state index contributed by atoms with van der Waals surface area (Å²) in [5, 5.41) is 6.22. The zero-order valence-electron chi connectivity index (χ0n) is 11.5. The van der Waals surface area contributed by atoms with Crippen LogP contribution in [0.1, 0.15) is 5.69 Å². The predicted molar refractivity (Wildman–Crippen MR) is 75.5 cm³/mol.